The zero-order valence-corrected chi connectivity index (χ0v) is 9.76. The third kappa shape index (κ3) is 1.35. The van der Waals surface area contributed by atoms with E-state index in [1.807, 2.05) is 0 Å². The Hall–Kier alpha value is -1.63. The average Bonchev–Trinajstić information content (AvgIpc) is 3.01. The van der Waals surface area contributed by atoms with E-state index in [4.69, 9.17) is 0 Å². The molecule has 17 heavy (non-hydrogen) atoms. The molecule has 0 aliphatic heterocycles. The summed E-state index contributed by atoms with van der Waals surface area (Å²) < 4.78 is 0. The first kappa shape index (κ1) is 9.41. The summed E-state index contributed by atoms with van der Waals surface area (Å²) >= 11 is 0. The molecule has 2 aromatic rings. The summed E-state index contributed by atoms with van der Waals surface area (Å²) in [6.07, 6.45) is 6.26. The molecule has 1 nitrogen and oxygen atoms in total. The van der Waals surface area contributed by atoms with Gasteiger partial charge in [0.1, 0.15) is 0 Å². The molecule has 0 N–H and O–H groups in total. The van der Waals surface area contributed by atoms with Gasteiger partial charge in [-0.1, -0.05) is 30.3 Å². The Labute approximate surface area is 102 Å². The second-order valence-electron chi connectivity index (χ2n) is 5.27. The van der Waals surface area contributed by atoms with Gasteiger partial charge < -0.3 is 0 Å². The number of hydrogen-bond donors (Lipinski definition) is 0. The number of nitrogens with zero attached hydrogens (tertiary/aromatic N) is 1. The standard InChI is InChI=1S/C16H15N/c1-2-4-11(5-3-1)16-9-14-12-6-7-13(8-12)15(14)10-17-16/h1-5,9-10,12-13H,6-8H2. The topological polar surface area (TPSA) is 12.9 Å². The molecule has 84 valence electrons. The molecule has 1 heteroatoms. The van der Waals surface area contributed by atoms with E-state index < -0.39 is 0 Å². The SMILES string of the molecule is c1ccc(-c2cc3c(cn2)C2CCC3C2)cc1. The lowest BCUT2D eigenvalue weighted by Crippen LogP contribution is -1.99. The van der Waals surface area contributed by atoms with Crippen molar-refractivity contribution in [3.05, 3.63) is 53.7 Å². The number of hydrogen-bond acceptors (Lipinski definition) is 1. The quantitative estimate of drug-likeness (QED) is 0.706. The van der Waals surface area contributed by atoms with Crippen LogP contribution in [-0.2, 0) is 0 Å². The van der Waals surface area contributed by atoms with Gasteiger partial charge in [0.25, 0.3) is 0 Å². The van der Waals surface area contributed by atoms with Crippen LogP contribution >= 0.6 is 0 Å². The van der Waals surface area contributed by atoms with Crippen molar-refractivity contribution in [2.45, 2.75) is 31.1 Å². The molecule has 2 atom stereocenters. The first-order chi connectivity index (χ1) is 8.42. The van der Waals surface area contributed by atoms with E-state index in [2.05, 4.69) is 47.6 Å². The van der Waals surface area contributed by atoms with Crippen molar-refractivity contribution in [1.29, 1.82) is 0 Å². The van der Waals surface area contributed by atoms with Gasteiger partial charge in [-0.25, -0.2) is 0 Å². The van der Waals surface area contributed by atoms with E-state index in [0.29, 0.717) is 0 Å². The van der Waals surface area contributed by atoms with E-state index in [1.165, 1.54) is 30.4 Å². The highest BCUT2D eigenvalue weighted by atomic mass is 14.7. The summed E-state index contributed by atoms with van der Waals surface area (Å²) in [5.74, 6) is 1.63. The van der Waals surface area contributed by atoms with E-state index >= 15 is 0 Å². The molecule has 2 aliphatic carbocycles. The predicted octanol–water partition coefficient (Wildman–Crippen LogP) is 4.11. The van der Waals surface area contributed by atoms with Crippen LogP contribution in [0.15, 0.2) is 42.6 Å². The van der Waals surface area contributed by atoms with Gasteiger partial charge in [0.15, 0.2) is 0 Å². The van der Waals surface area contributed by atoms with Crippen LogP contribution in [0.5, 0.6) is 0 Å². The Kier molecular flexibility index (Phi) is 1.90. The number of pyridine rings is 1. The normalized spacial score (nSPS) is 24.9. The summed E-state index contributed by atoms with van der Waals surface area (Å²) in [5.41, 5.74) is 5.48. The Balaban J connectivity index is 1.83. The smallest absolute Gasteiger partial charge is 0.0705 e. The second kappa shape index (κ2) is 3.43. The molecular weight excluding hydrogens is 206 g/mol. The minimum Gasteiger partial charge on any atom is -0.256 e. The highest BCUT2D eigenvalue weighted by Gasteiger charge is 2.37. The fourth-order valence-electron chi connectivity index (χ4n) is 3.49. The molecule has 1 aromatic carbocycles. The van der Waals surface area contributed by atoms with Crippen LogP contribution in [0.3, 0.4) is 0 Å². The number of rotatable bonds is 1. The predicted molar refractivity (Wildman–Crippen MR) is 69.0 cm³/mol. The van der Waals surface area contributed by atoms with Crippen LogP contribution in [0, 0.1) is 0 Å². The second-order valence-corrected chi connectivity index (χ2v) is 5.27. The van der Waals surface area contributed by atoms with Gasteiger partial charge in [0.2, 0.25) is 0 Å². The lowest BCUT2D eigenvalue weighted by Gasteiger charge is -2.15. The molecule has 0 amide bonds. The first-order valence-corrected chi connectivity index (χ1v) is 6.47. The summed E-state index contributed by atoms with van der Waals surface area (Å²) in [5, 5.41) is 0. The molecule has 0 radical (unpaired) electrons. The number of benzene rings is 1. The summed E-state index contributed by atoms with van der Waals surface area (Å²) in [6.45, 7) is 0. The number of aromatic nitrogens is 1. The molecule has 1 saturated carbocycles. The van der Waals surface area contributed by atoms with E-state index in [1.54, 1.807) is 5.56 Å². The van der Waals surface area contributed by atoms with Crippen LogP contribution in [0.4, 0.5) is 0 Å². The van der Waals surface area contributed by atoms with E-state index in [0.717, 1.165) is 17.5 Å². The van der Waals surface area contributed by atoms with Crippen molar-refractivity contribution in [1.82, 2.24) is 4.98 Å². The molecule has 1 heterocycles. The van der Waals surface area contributed by atoms with Gasteiger partial charge in [-0.2, -0.15) is 0 Å². The first-order valence-electron chi connectivity index (χ1n) is 6.47. The fourth-order valence-corrected chi connectivity index (χ4v) is 3.49. The summed E-state index contributed by atoms with van der Waals surface area (Å²) in [7, 11) is 0. The molecule has 1 aromatic heterocycles. The number of fused-ring (bicyclic) bond motifs is 5. The van der Waals surface area contributed by atoms with Crippen molar-refractivity contribution in [3.63, 3.8) is 0 Å². The minimum absolute atomic E-state index is 0.812. The lowest BCUT2D eigenvalue weighted by molar-refractivity contribution is 0.714. The molecule has 2 unspecified atom stereocenters. The largest absolute Gasteiger partial charge is 0.256 e. The molecule has 0 saturated heterocycles. The van der Waals surface area contributed by atoms with Crippen LogP contribution in [0.1, 0.15) is 42.2 Å². The monoisotopic (exact) mass is 221 g/mol. The highest BCUT2D eigenvalue weighted by Crippen LogP contribution is 2.53. The van der Waals surface area contributed by atoms with Gasteiger partial charge in [-0.05, 0) is 48.3 Å². The molecule has 0 spiro atoms. The zero-order valence-electron chi connectivity index (χ0n) is 9.76. The van der Waals surface area contributed by atoms with Crippen LogP contribution in [0.2, 0.25) is 0 Å². The fraction of sp³-hybridized carbons (Fsp3) is 0.312. The summed E-state index contributed by atoms with van der Waals surface area (Å²) in [6, 6.07) is 12.8. The van der Waals surface area contributed by atoms with Crippen LogP contribution in [0.25, 0.3) is 11.3 Å². The van der Waals surface area contributed by atoms with Crippen molar-refractivity contribution in [3.8, 4) is 11.3 Å². The van der Waals surface area contributed by atoms with Gasteiger partial charge >= 0.3 is 0 Å². The van der Waals surface area contributed by atoms with E-state index in [9.17, 15) is 0 Å². The Bertz CT molecular complexity index is 559. The van der Waals surface area contributed by atoms with Crippen LogP contribution < -0.4 is 0 Å². The lowest BCUT2D eigenvalue weighted by atomic mass is 9.92. The Morgan fingerprint density at radius 3 is 2.53 bits per heavy atom. The van der Waals surface area contributed by atoms with Gasteiger partial charge in [-0.15, -0.1) is 0 Å². The highest BCUT2D eigenvalue weighted by molar-refractivity contribution is 5.61. The molecule has 1 fully saturated rings. The molecule has 4 rings (SSSR count). The maximum absolute atomic E-state index is 4.64. The average molecular weight is 221 g/mol. The molecule has 2 bridgehead atoms. The van der Waals surface area contributed by atoms with Crippen molar-refractivity contribution in [2.24, 2.45) is 0 Å². The summed E-state index contributed by atoms with van der Waals surface area (Å²) in [4.78, 5) is 4.64. The molecular formula is C16H15N. The van der Waals surface area contributed by atoms with Crippen molar-refractivity contribution in [2.75, 3.05) is 0 Å². The Morgan fingerprint density at radius 1 is 0.941 bits per heavy atom. The van der Waals surface area contributed by atoms with Gasteiger partial charge in [0, 0.05) is 11.8 Å². The third-order valence-corrected chi connectivity index (χ3v) is 4.35. The third-order valence-electron chi connectivity index (χ3n) is 4.35. The van der Waals surface area contributed by atoms with Crippen molar-refractivity contribution >= 4 is 0 Å². The molecule has 2 aliphatic rings. The minimum atomic E-state index is 0.812. The Morgan fingerprint density at radius 2 is 1.71 bits per heavy atom. The van der Waals surface area contributed by atoms with Gasteiger partial charge in [-0.3, -0.25) is 4.98 Å². The van der Waals surface area contributed by atoms with Crippen molar-refractivity contribution < 1.29 is 0 Å². The zero-order chi connectivity index (χ0) is 11.2. The van der Waals surface area contributed by atoms with E-state index in [-0.39, 0.29) is 0 Å². The van der Waals surface area contributed by atoms with Crippen LogP contribution in [-0.4, -0.2) is 4.98 Å². The maximum atomic E-state index is 4.64. The maximum Gasteiger partial charge on any atom is 0.0705 e. The van der Waals surface area contributed by atoms with Gasteiger partial charge in [0.05, 0.1) is 5.69 Å².